The van der Waals surface area contributed by atoms with E-state index in [1.54, 1.807) is 7.11 Å². The van der Waals surface area contributed by atoms with Gasteiger partial charge in [0.05, 0.1) is 19.3 Å². The Morgan fingerprint density at radius 1 is 1.37 bits per heavy atom. The van der Waals surface area contributed by atoms with Gasteiger partial charge in [-0.25, -0.2) is 0 Å². The van der Waals surface area contributed by atoms with Gasteiger partial charge >= 0.3 is 0 Å². The van der Waals surface area contributed by atoms with Crippen LogP contribution in [0.2, 0.25) is 0 Å². The van der Waals surface area contributed by atoms with Gasteiger partial charge in [-0.15, -0.1) is 0 Å². The molecule has 2 saturated heterocycles. The number of nitrogens with zero attached hydrogens (tertiary/aromatic N) is 2. The van der Waals surface area contributed by atoms with Crippen molar-refractivity contribution >= 4 is 5.91 Å². The molecular formula is C13H25N3O3. The molecule has 0 radical (unpaired) electrons. The third-order valence-electron chi connectivity index (χ3n) is 3.88. The summed E-state index contributed by atoms with van der Waals surface area (Å²) in [4.78, 5) is 16.7. The first-order valence-corrected chi connectivity index (χ1v) is 7.07. The average molecular weight is 271 g/mol. The number of carbonyl (C=O) groups excluding carboxylic acids is 1. The van der Waals surface area contributed by atoms with Crippen molar-refractivity contribution in [3.05, 3.63) is 0 Å². The SMILES string of the molecule is COCCN1CCN(C(=O)[C@H]2NCCO[C@@H]2C)CC1. The number of piperazine rings is 1. The first kappa shape index (κ1) is 14.7. The summed E-state index contributed by atoms with van der Waals surface area (Å²) in [5, 5.41) is 3.26. The molecule has 19 heavy (non-hydrogen) atoms. The van der Waals surface area contributed by atoms with E-state index in [2.05, 4.69) is 10.2 Å². The van der Waals surface area contributed by atoms with Crippen molar-refractivity contribution in [2.45, 2.75) is 19.1 Å². The Bertz CT molecular complexity index is 293. The summed E-state index contributed by atoms with van der Waals surface area (Å²) in [6.45, 7) is 8.56. The molecule has 6 nitrogen and oxygen atoms in total. The van der Waals surface area contributed by atoms with Crippen LogP contribution in [0.25, 0.3) is 0 Å². The highest BCUT2D eigenvalue weighted by molar-refractivity contribution is 5.82. The van der Waals surface area contributed by atoms with Crippen LogP contribution >= 0.6 is 0 Å². The maximum absolute atomic E-state index is 12.4. The minimum atomic E-state index is -0.181. The van der Waals surface area contributed by atoms with Gasteiger partial charge in [0, 0.05) is 46.4 Å². The average Bonchev–Trinajstić information content (AvgIpc) is 2.45. The molecule has 2 rings (SSSR count). The molecule has 0 unspecified atom stereocenters. The van der Waals surface area contributed by atoms with Gasteiger partial charge in [-0.1, -0.05) is 0 Å². The summed E-state index contributed by atoms with van der Waals surface area (Å²) in [5.41, 5.74) is 0. The molecule has 0 aromatic heterocycles. The quantitative estimate of drug-likeness (QED) is 0.722. The lowest BCUT2D eigenvalue weighted by atomic mass is 10.1. The first-order chi connectivity index (χ1) is 9.22. The van der Waals surface area contributed by atoms with Crippen molar-refractivity contribution < 1.29 is 14.3 Å². The lowest BCUT2D eigenvalue weighted by Crippen LogP contribution is -2.59. The normalized spacial score (nSPS) is 29.5. The third kappa shape index (κ3) is 3.89. The zero-order chi connectivity index (χ0) is 13.7. The van der Waals surface area contributed by atoms with Crippen LogP contribution in [0.4, 0.5) is 0 Å². The van der Waals surface area contributed by atoms with Crippen LogP contribution in [0, 0.1) is 0 Å². The Labute approximate surface area is 115 Å². The number of nitrogens with one attached hydrogen (secondary N) is 1. The van der Waals surface area contributed by atoms with Crippen molar-refractivity contribution in [1.82, 2.24) is 15.1 Å². The van der Waals surface area contributed by atoms with Gasteiger partial charge in [-0.05, 0) is 6.92 Å². The predicted molar refractivity (Wildman–Crippen MR) is 72.1 cm³/mol. The second-order valence-corrected chi connectivity index (χ2v) is 5.17. The first-order valence-electron chi connectivity index (χ1n) is 7.07. The number of carbonyl (C=O) groups is 1. The number of amides is 1. The molecule has 0 saturated carbocycles. The second-order valence-electron chi connectivity index (χ2n) is 5.17. The van der Waals surface area contributed by atoms with Crippen LogP contribution in [0.1, 0.15) is 6.92 Å². The number of hydrogen-bond acceptors (Lipinski definition) is 5. The zero-order valence-electron chi connectivity index (χ0n) is 11.9. The van der Waals surface area contributed by atoms with Gasteiger partial charge in [0.15, 0.2) is 0 Å². The molecule has 0 aromatic carbocycles. The van der Waals surface area contributed by atoms with E-state index >= 15 is 0 Å². The van der Waals surface area contributed by atoms with E-state index in [9.17, 15) is 4.79 Å². The van der Waals surface area contributed by atoms with Gasteiger partial charge in [0.25, 0.3) is 0 Å². The minimum Gasteiger partial charge on any atom is -0.383 e. The maximum Gasteiger partial charge on any atom is 0.242 e. The standard InChI is InChI=1S/C13H25N3O3/c1-11-12(14-3-9-19-11)13(17)16-6-4-15(5-7-16)8-10-18-2/h11-12,14H,3-10H2,1-2H3/t11-,12+/m1/s1. The van der Waals surface area contributed by atoms with Crippen molar-refractivity contribution in [1.29, 1.82) is 0 Å². The molecule has 6 heteroatoms. The maximum atomic E-state index is 12.4. The fourth-order valence-electron chi connectivity index (χ4n) is 2.62. The molecule has 0 spiro atoms. The number of rotatable bonds is 4. The van der Waals surface area contributed by atoms with Gasteiger partial charge < -0.3 is 19.7 Å². The smallest absolute Gasteiger partial charge is 0.242 e. The lowest BCUT2D eigenvalue weighted by molar-refractivity contribution is -0.141. The molecule has 0 aliphatic carbocycles. The predicted octanol–water partition coefficient (Wildman–Crippen LogP) is -0.846. The summed E-state index contributed by atoms with van der Waals surface area (Å²) < 4.78 is 10.6. The zero-order valence-corrected chi connectivity index (χ0v) is 11.9. The van der Waals surface area contributed by atoms with Crippen LogP contribution in [-0.4, -0.2) is 87.4 Å². The Balaban J connectivity index is 1.78. The van der Waals surface area contributed by atoms with Crippen LogP contribution < -0.4 is 5.32 Å². The topological polar surface area (TPSA) is 54.0 Å². The van der Waals surface area contributed by atoms with E-state index in [4.69, 9.17) is 9.47 Å². The van der Waals surface area contributed by atoms with Crippen molar-refractivity contribution in [3.8, 4) is 0 Å². The van der Waals surface area contributed by atoms with Gasteiger partial charge in [0.2, 0.25) is 5.91 Å². The Hall–Kier alpha value is -0.690. The minimum absolute atomic E-state index is 0.0345. The highest BCUT2D eigenvalue weighted by Gasteiger charge is 2.33. The summed E-state index contributed by atoms with van der Waals surface area (Å²) >= 11 is 0. The molecule has 2 aliphatic rings. The molecule has 0 aromatic rings. The Kier molecular flexibility index (Phi) is 5.57. The number of morpholine rings is 1. The fourth-order valence-corrected chi connectivity index (χ4v) is 2.62. The molecule has 1 N–H and O–H groups in total. The number of methoxy groups -OCH3 is 1. The summed E-state index contributed by atoms with van der Waals surface area (Å²) in [5.74, 6) is 0.179. The molecule has 2 fully saturated rings. The lowest BCUT2D eigenvalue weighted by Gasteiger charge is -2.38. The van der Waals surface area contributed by atoms with E-state index in [0.717, 1.165) is 45.9 Å². The number of hydrogen-bond donors (Lipinski definition) is 1. The molecule has 0 bridgehead atoms. The fraction of sp³-hybridized carbons (Fsp3) is 0.923. The van der Waals surface area contributed by atoms with Crippen molar-refractivity contribution in [2.75, 3.05) is 59.6 Å². The number of ether oxygens (including phenoxy) is 2. The molecular weight excluding hydrogens is 246 g/mol. The Morgan fingerprint density at radius 3 is 2.74 bits per heavy atom. The van der Waals surface area contributed by atoms with Crippen LogP contribution in [0.5, 0.6) is 0 Å². The van der Waals surface area contributed by atoms with E-state index in [1.165, 1.54) is 0 Å². The highest BCUT2D eigenvalue weighted by Crippen LogP contribution is 2.10. The largest absolute Gasteiger partial charge is 0.383 e. The summed E-state index contributed by atoms with van der Waals surface area (Å²) in [6, 6.07) is -0.181. The van der Waals surface area contributed by atoms with Crippen LogP contribution in [-0.2, 0) is 14.3 Å². The van der Waals surface area contributed by atoms with Gasteiger partial charge in [-0.2, -0.15) is 0 Å². The second kappa shape index (κ2) is 7.19. The van der Waals surface area contributed by atoms with Crippen LogP contribution in [0.3, 0.4) is 0 Å². The monoisotopic (exact) mass is 271 g/mol. The van der Waals surface area contributed by atoms with E-state index in [0.29, 0.717) is 6.61 Å². The molecule has 1 amide bonds. The van der Waals surface area contributed by atoms with Gasteiger partial charge in [0.1, 0.15) is 6.04 Å². The van der Waals surface area contributed by atoms with E-state index in [1.807, 2.05) is 11.8 Å². The van der Waals surface area contributed by atoms with E-state index in [-0.39, 0.29) is 18.1 Å². The van der Waals surface area contributed by atoms with Crippen LogP contribution in [0.15, 0.2) is 0 Å². The summed E-state index contributed by atoms with van der Waals surface area (Å²) in [7, 11) is 1.72. The summed E-state index contributed by atoms with van der Waals surface area (Å²) in [6.07, 6.45) is -0.0345. The highest BCUT2D eigenvalue weighted by atomic mass is 16.5. The molecule has 110 valence electrons. The Morgan fingerprint density at radius 2 is 2.11 bits per heavy atom. The molecule has 2 atom stereocenters. The third-order valence-corrected chi connectivity index (χ3v) is 3.88. The molecule has 2 heterocycles. The van der Waals surface area contributed by atoms with E-state index < -0.39 is 0 Å². The van der Waals surface area contributed by atoms with Crippen molar-refractivity contribution in [2.24, 2.45) is 0 Å². The molecule has 2 aliphatic heterocycles. The van der Waals surface area contributed by atoms with Gasteiger partial charge in [-0.3, -0.25) is 9.69 Å². The van der Waals surface area contributed by atoms with Crippen molar-refractivity contribution in [3.63, 3.8) is 0 Å².